The van der Waals surface area contributed by atoms with Crippen molar-refractivity contribution in [2.24, 2.45) is 0 Å². The van der Waals surface area contributed by atoms with Gasteiger partial charge in [-0.1, -0.05) is 6.07 Å². The minimum Gasteiger partial charge on any atom is -0.477 e. The average Bonchev–Trinajstić information content (AvgIpc) is 2.38. The summed E-state index contributed by atoms with van der Waals surface area (Å²) in [6.45, 7) is -0.0308. The van der Waals surface area contributed by atoms with Gasteiger partial charge in [-0.25, -0.2) is 4.79 Å². The molecule has 8 nitrogen and oxygen atoms in total. The van der Waals surface area contributed by atoms with Crippen molar-refractivity contribution in [1.29, 1.82) is 0 Å². The first-order valence-electron chi connectivity index (χ1n) is 5.39. The van der Waals surface area contributed by atoms with Gasteiger partial charge in [0, 0.05) is 19.3 Å². The molecule has 1 aromatic carbocycles. The van der Waals surface area contributed by atoms with E-state index in [9.17, 15) is 19.9 Å². The van der Waals surface area contributed by atoms with Crippen LogP contribution in [0.25, 0.3) is 0 Å². The zero-order valence-electron chi connectivity index (χ0n) is 9.85. The number of nitro groups is 1. The number of aliphatic hydroxyl groups is 1. The molecule has 102 valence electrons. The highest BCUT2D eigenvalue weighted by atomic mass is 16.6. The van der Waals surface area contributed by atoms with E-state index in [-0.39, 0.29) is 18.7 Å². The predicted molar refractivity (Wildman–Crippen MR) is 65.3 cm³/mol. The number of benzene rings is 1. The number of nitro benzene ring substituents is 1. The largest absolute Gasteiger partial charge is 0.491 e. The lowest BCUT2D eigenvalue weighted by Gasteiger charge is -2.08. The molecule has 1 aromatic rings. The summed E-state index contributed by atoms with van der Waals surface area (Å²) in [7, 11) is -1.41. The van der Waals surface area contributed by atoms with Gasteiger partial charge >= 0.3 is 13.1 Å². The first-order valence-corrected chi connectivity index (χ1v) is 5.39. The van der Waals surface area contributed by atoms with Crippen molar-refractivity contribution in [2.45, 2.75) is 6.42 Å². The van der Waals surface area contributed by atoms with E-state index < -0.39 is 29.3 Å². The molecule has 3 N–H and O–H groups in total. The van der Waals surface area contributed by atoms with Gasteiger partial charge in [-0.2, -0.15) is 0 Å². The van der Waals surface area contributed by atoms with E-state index in [2.05, 4.69) is 0 Å². The van der Waals surface area contributed by atoms with Gasteiger partial charge in [0.2, 0.25) is 0 Å². The highest BCUT2D eigenvalue weighted by Crippen LogP contribution is 2.16. The molecular formula is C10H12BNO7. The van der Waals surface area contributed by atoms with Gasteiger partial charge in [0.25, 0.3) is 5.69 Å². The number of carboxylic acid groups (broad SMARTS) is 1. The zero-order chi connectivity index (χ0) is 14.4. The Labute approximate surface area is 108 Å². The summed E-state index contributed by atoms with van der Waals surface area (Å²) >= 11 is 0. The van der Waals surface area contributed by atoms with Gasteiger partial charge in [-0.15, -0.1) is 0 Å². The molecule has 0 spiro atoms. The van der Waals surface area contributed by atoms with E-state index in [1.165, 1.54) is 6.07 Å². The van der Waals surface area contributed by atoms with Crippen LogP contribution in [0.5, 0.6) is 0 Å². The molecule has 19 heavy (non-hydrogen) atoms. The Morgan fingerprint density at radius 2 is 2.16 bits per heavy atom. The number of carboxylic acids is 1. The fourth-order valence-corrected chi connectivity index (χ4v) is 1.39. The fraction of sp³-hybridized carbons (Fsp3) is 0.300. The molecular weight excluding hydrogens is 257 g/mol. The second-order valence-corrected chi connectivity index (χ2v) is 3.64. The number of nitrogens with zero attached hydrogens (tertiary/aromatic N) is 1. The van der Waals surface area contributed by atoms with Gasteiger partial charge in [0.15, 0.2) is 0 Å². The summed E-state index contributed by atoms with van der Waals surface area (Å²) in [6, 6.07) is 3.22. The van der Waals surface area contributed by atoms with Crippen LogP contribution >= 0.6 is 0 Å². The van der Waals surface area contributed by atoms with Crippen LogP contribution in [0.3, 0.4) is 0 Å². The quantitative estimate of drug-likeness (QED) is 0.260. The molecule has 0 aliphatic heterocycles. The van der Waals surface area contributed by atoms with Crippen molar-refractivity contribution in [1.82, 2.24) is 0 Å². The molecule has 0 atom stereocenters. The SMILES string of the molecule is O=C(O)c1ccc(B(O)OCCCO)cc1[N+](=O)[O-]. The third-order valence-corrected chi connectivity index (χ3v) is 2.31. The molecule has 0 heterocycles. The minimum absolute atomic E-state index is 0.0755. The van der Waals surface area contributed by atoms with Crippen LogP contribution in [0.4, 0.5) is 5.69 Å². The summed E-state index contributed by atoms with van der Waals surface area (Å²) < 4.78 is 4.93. The van der Waals surface area contributed by atoms with Crippen LogP contribution in [0.15, 0.2) is 18.2 Å². The molecule has 0 saturated carbocycles. The van der Waals surface area contributed by atoms with Crippen LogP contribution in [0.2, 0.25) is 0 Å². The van der Waals surface area contributed by atoms with Gasteiger partial charge in [0.1, 0.15) is 5.56 Å². The third kappa shape index (κ3) is 4.02. The predicted octanol–water partition coefficient (Wildman–Crippen LogP) is -0.621. The Bertz CT molecular complexity index is 479. The average molecular weight is 269 g/mol. The van der Waals surface area contributed by atoms with Crippen LogP contribution in [0.1, 0.15) is 16.8 Å². The molecule has 0 radical (unpaired) electrons. The Morgan fingerprint density at radius 3 is 2.68 bits per heavy atom. The van der Waals surface area contributed by atoms with Gasteiger partial charge in [0.05, 0.1) is 4.92 Å². The van der Waals surface area contributed by atoms with Gasteiger partial charge in [-0.05, 0) is 17.9 Å². The standard InChI is InChI=1S/C10H12BNO7/c13-4-1-5-19-11(16)7-2-3-8(10(14)15)9(6-7)12(17)18/h2-3,6,13,16H,1,4-5H2,(H,14,15). The topological polar surface area (TPSA) is 130 Å². The lowest BCUT2D eigenvalue weighted by Crippen LogP contribution is -2.34. The summed E-state index contributed by atoms with van der Waals surface area (Å²) in [4.78, 5) is 20.7. The smallest absolute Gasteiger partial charge is 0.477 e. The van der Waals surface area contributed by atoms with E-state index >= 15 is 0 Å². The van der Waals surface area contributed by atoms with Crippen molar-refractivity contribution in [3.05, 3.63) is 33.9 Å². The molecule has 0 aliphatic carbocycles. The van der Waals surface area contributed by atoms with Crippen molar-refractivity contribution >= 4 is 24.2 Å². The number of carbonyl (C=O) groups is 1. The Morgan fingerprint density at radius 1 is 1.47 bits per heavy atom. The molecule has 0 amide bonds. The van der Waals surface area contributed by atoms with Crippen molar-refractivity contribution in [2.75, 3.05) is 13.2 Å². The van der Waals surface area contributed by atoms with Crippen molar-refractivity contribution < 1.29 is 29.6 Å². The second kappa shape index (κ2) is 6.83. The fourth-order valence-electron chi connectivity index (χ4n) is 1.39. The third-order valence-electron chi connectivity index (χ3n) is 2.31. The Kier molecular flexibility index (Phi) is 5.43. The molecule has 0 aromatic heterocycles. The van der Waals surface area contributed by atoms with Gasteiger partial charge in [-0.3, -0.25) is 10.1 Å². The number of hydrogen-bond acceptors (Lipinski definition) is 6. The summed E-state index contributed by atoms with van der Waals surface area (Å²) in [5.41, 5.74) is -0.999. The number of hydrogen-bond donors (Lipinski definition) is 3. The zero-order valence-corrected chi connectivity index (χ0v) is 9.85. The van der Waals surface area contributed by atoms with E-state index in [0.29, 0.717) is 6.42 Å². The maximum Gasteiger partial charge on any atom is 0.491 e. The lowest BCUT2D eigenvalue weighted by molar-refractivity contribution is -0.385. The first-order chi connectivity index (χ1) is 8.97. The van der Waals surface area contributed by atoms with Crippen LogP contribution in [0, 0.1) is 10.1 Å². The normalized spacial score (nSPS) is 10.2. The molecule has 0 unspecified atom stereocenters. The van der Waals surface area contributed by atoms with E-state index in [4.69, 9.17) is 14.9 Å². The minimum atomic E-state index is -1.42. The van der Waals surface area contributed by atoms with Crippen molar-refractivity contribution in [3.8, 4) is 0 Å². The summed E-state index contributed by atoms with van der Waals surface area (Å²) in [5, 5.41) is 37.7. The molecule has 1 rings (SSSR count). The molecule has 0 bridgehead atoms. The summed E-state index contributed by atoms with van der Waals surface area (Å²) in [5.74, 6) is -1.42. The monoisotopic (exact) mass is 269 g/mol. The maximum absolute atomic E-state index is 10.8. The molecule has 0 saturated heterocycles. The summed E-state index contributed by atoms with van der Waals surface area (Å²) in [6.07, 6.45) is 0.312. The Hall–Kier alpha value is -1.97. The molecule has 0 fully saturated rings. The number of aromatic carboxylic acids is 1. The Balaban J connectivity index is 2.95. The van der Waals surface area contributed by atoms with Crippen LogP contribution in [-0.4, -0.2) is 46.5 Å². The van der Waals surface area contributed by atoms with Crippen LogP contribution in [-0.2, 0) is 4.65 Å². The van der Waals surface area contributed by atoms with E-state index in [0.717, 1.165) is 12.1 Å². The maximum atomic E-state index is 10.8. The highest BCUT2D eigenvalue weighted by Gasteiger charge is 2.24. The van der Waals surface area contributed by atoms with Gasteiger partial charge < -0.3 is 19.9 Å². The van der Waals surface area contributed by atoms with E-state index in [1.807, 2.05) is 0 Å². The highest BCUT2D eigenvalue weighted by molar-refractivity contribution is 6.60. The molecule has 0 aliphatic rings. The van der Waals surface area contributed by atoms with E-state index in [1.54, 1.807) is 0 Å². The molecule has 9 heteroatoms. The number of aliphatic hydroxyl groups excluding tert-OH is 1. The first kappa shape index (κ1) is 15.1. The lowest BCUT2D eigenvalue weighted by atomic mass is 9.79. The number of rotatable bonds is 7. The van der Waals surface area contributed by atoms with Crippen LogP contribution < -0.4 is 5.46 Å². The second-order valence-electron chi connectivity index (χ2n) is 3.64. The van der Waals surface area contributed by atoms with Crippen molar-refractivity contribution in [3.63, 3.8) is 0 Å².